The van der Waals surface area contributed by atoms with Gasteiger partial charge in [0, 0.05) is 24.8 Å². The molecule has 2 N–H and O–H groups in total. The predicted octanol–water partition coefficient (Wildman–Crippen LogP) is 4.14. The van der Waals surface area contributed by atoms with Crippen LogP contribution in [0.3, 0.4) is 0 Å². The van der Waals surface area contributed by atoms with Crippen molar-refractivity contribution in [2.24, 2.45) is 5.73 Å². The van der Waals surface area contributed by atoms with Crippen LogP contribution in [-0.2, 0) is 0 Å². The number of aryl methyl sites for hydroxylation is 3. The van der Waals surface area contributed by atoms with Crippen molar-refractivity contribution in [1.82, 2.24) is 0 Å². The van der Waals surface area contributed by atoms with Crippen LogP contribution in [0.25, 0.3) is 0 Å². The van der Waals surface area contributed by atoms with Crippen LogP contribution in [0.5, 0.6) is 0 Å². The second-order valence-corrected chi connectivity index (χ2v) is 5.83. The lowest BCUT2D eigenvalue weighted by molar-refractivity contribution is 0.676. The molecule has 1 atom stereocenters. The van der Waals surface area contributed by atoms with E-state index in [4.69, 9.17) is 5.73 Å². The van der Waals surface area contributed by atoms with Crippen LogP contribution in [0.2, 0.25) is 0 Å². The lowest BCUT2D eigenvalue weighted by atomic mass is 10.0. The highest BCUT2D eigenvalue weighted by Crippen LogP contribution is 2.21. The number of hydrogen-bond acceptors (Lipinski definition) is 2. The molecule has 0 aliphatic rings. The molecule has 2 nitrogen and oxygen atoms in total. The fourth-order valence-corrected chi connectivity index (χ4v) is 2.58. The summed E-state index contributed by atoms with van der Waals surface area (Å²) >= 11 is 0. The van der Waals surface area contributed by atoms with Crippen molar-refractivity contribution in [3.63, 3.8) is 0 Å². The van der Waals surface area contributed by atoms with Crippen molar-refractivity contribution >= 4 is 5.69 Å². The van der Waals surface area contributed by atoms with Gasteiger partial charge in [0.15, 0.2) is 0 Å². The number of rotatable bonds is 5. The van der Waals surface area contributed by atoms with Gasteiger partial charge in [0.05, 0.1) is 0 Å². The summed E-state index contributed by atoms with van der Waals surface area (Å²) in [6, 6.07) is 15.2. The average Bonchev–Trinajstić information content (AvgIpc) is 2.47. The van der Waals surface area contributed by atoms with Crippen LogP contribution in [0.15, 0.2) is 42.5 Å². The van der Waals surface area contributed by atoms with E-state index in [1.54, 1.807) is 0 Å². The van der Waals surface area contributed by atoms with Crippen LogP contribution in [-0.4, -0.2) is 13.1 Å². The van der Waals surface area contributed by atoms with E-state index in [-0.39, 0.29) is 6.04 Å². The summed E-state index contributed by atoms with van der Waals surface area (Å²) in [6.45, 7) is 10.4. The largest absolute Gasteiger partial charge is 0.370 e. The molecule has 21 heavy (non-hydrogen) atoms. The van der Waals surface area contributed by atoms with Gasteiger partial charge in [-0.25, -0.2) is 0 Å². The molecule has 0 amide bonds. The molecule has 0 spiro atoms. The second kappa shape index (κ2) is 6.77. The van der Waals surface area contributed by atoms with Crippen LogP contribution in [0.4, 0.5) is 5.69 Å². The van der Waals surface area contributed by atoms with E-state index in [0.717, 1.165) is 13.1 Å². The van der Waals surface area contributed by atoms with E-state index >= 15 is 0 Å². The Morgan fingerprint density at radius 1 is 1.00 bits per heavy atom. The molecule has 0 saturated heterocycles. The highest BCUT2D eigenvalue weighted by molar-refractivity contribution is 5.49. The molecular formula is C19H26N2. The molecular weight excluding hydrogens is 256 g/mol. The molecule has 2 aromatic rings. The Morgan fingerprint density at radius 2 is 1.76 bits per heavy atom. The number of hydrogen-bond donors (Lipinski definition) is 1. The molecule has 0 heterocycles. The topological polar surface area (TPSA) is 29.3 Å². The van der Waals surface area contributed by atoms with Gasteiger partial charge in [-0.1, -0.05) is 30.3 Å². The Morgan fingerprint density at radius 3 is 2.38 bits per heavy atom. The van der Waals surface area contributed by atoms with E-state index in [1.807, 2.05) is 0 Å². The zero-order valence-electron chi connectivity index (χ0n) is 13.6. The van der Waals surface area contributed by atoms with Crippen molar-refractivity contribution in [2.45, 2.75) is 33.7 Å². The van der Waals surface area contributed by atoms with E-state index in [2.05, 4.69) is 75.1 Å². The van der Waals surface area contributed by atoms with Crippen molar-refractivity contribution in [3.05, 3.63) is 64.7 Å². The minimum Gasteiger partial charge on any atom is -0.370 e. The summed E-state index contributed by atoms with van der Waals surface area (Å²) in [5.41, 5.74) is 12.8. The Hall–Kier alpha value is -1.80. The highest BCUT2D eigenvalue weighted by Gasteiger charge is 2.12. The average molecular weight is 282 g/mol. The van der Waals surface area contributed by atoms with Gasteiger partial charge in [0.25, 0.3) is 0 Å². The summed E-state index contributed by atoms with van der Waals surface area (Å²) in [6.07, 6.45) is 0. The summed E-state index contributed by atoms with van der Waals surface area (Å²) in [5, 5.41) is 0. The van der Waals surface area contributed by atoms with Crippen LogP contribution in [0, 0.1) is 20.8 Å². The minimum atomic E-state index is 0.0322. The number of nitrogens with zero attached hydrogens (tertiary/aromatic N) is 1. The van der Waals surface area contributed by atoms with E-state index in [0.29, 0.717) is 0 Å². The number of anilines is 1. The number of benzene rings is 2. The van der Waals surface area contributed by atoms with Gasteiger partial charge in [-0.15, -0.1) is 0 Å². The fourth-order valence-electron chi connectivity index (χ4n) is 2.58. The van der Waals surface area contributed by atoms with E-state index in [9.17, 15) is 0 Å². The van der Waals surface area contributed by atoms with Crippen LogP contribution in [0.1, 0.15) is 35.2 Å². The van der Waals surface area contributed by atoms with Gasteiger partial charge in [0.2, 0.25) is 0 Å². The van der Waals surface area contributed by atoms with Gasteiger partial charge in [-0.3, -0.25) is 0 Å². The van der Waals surface area contributed by atoms with Gasteiger partial charge in [-0.05, 0) is 62.1 Å². The molecule has 112 valence electrons. The Balaban J connectivity index is 2.16. The first-order chi connectivity index (χ1) is 10.0. The molecule has 2 rings (SSSR count). The standard InChI is InChI=1S/C19H26N2/c1-5-21(18-8-6-7-14(2)11-18)13-19(20)17-10-9-15(3)16(4)12-17/h6-12,19H,5,13,20H2,1-4H3. The smallest absolute Gasteiger partial charge is 0.0473 e. The molecule has 0 saturated carbocycles. The minimum absolute atomic E-state index is 0.0322. The molecule has 0 fully saturated rings. The van der Waals surface area contributed by atoms with E-state index < -0.39 is 0 Å². The Kier molecular flexibility index (Phi) is 5.03. The first-order valence-corrected chi connectivity index (χ1v) is 7.65. The molecule has 0 aliphatic carbocycles. The summed E-state index contributed by atoms with van der Waals surface area (Å²) in [4.78, 5) is 2.34. The summed E-state index contributed by atoms with van der Waals surface area (Å²) in [5.74, 6) is 0. The normalized spacial score (nSPS) is 12.2. The zero-order valence-corrected chi connectivity index (χ0v) is 13.6. The fraction of sp³-hybridized carbons (Fsp3) is 0.368. The molecule has 0 aliphatic heterocycles. The molecule has 2 aromatic carbocycles. The zero-order chi connectivity index (χ0) is 15.4. The molecule has 0 aromatic heterocycles. The lowest BCUT2D eigenvalue weighted by Crippen LogP contribution is -2.32. The Bertz CT molecular complexity index is 604. The third kappa shape index (κ3) is 3.85. The summed E-state index contributed by atoms with van der Waals surface area (Å²) in [7, 11) is 0. The third-order valence-electron chi connectivity index (χ3n) is 4.12. The highest BCUT2D eigenvalue weighted by atomic mass is 15.1. The quantitative estimate of drug-likeness (QED) is 0.893. The molecule has 0 bridgehead atoms. The van der Waals surface area contributed by atoms with Crippen LogP contribution < -0.4 is 10.6 Å². The van der Waals surface area contributed by atoms with Gasteiger partial charge in [0.1, 0.15) is 0 Å². The first-order valence-electron chi connectivity index (χ1n) is 7.65. The van der Waals surface area contributed by atoms with Crippen molar-refractivity contribution < 1.29 is 0 Å². The SMILES string of the molecule is CCN(CC(N)c1ccc(C)c(C)c1)c1cccc(C)c1. The van der Waals surface area contributed by atoms with Gasteiger partial charge >= 0.3 is 0 Å². The van der Waals surface area contributed by atoms with Crippen molar-refractivity contribution in [3.8, 4) is 0 Å². The maximum absolute atomic E-state index is 6.42. The van der Waals surface area contributed by atoms with Crippen molar-refractivity contribution in [1.29, 1.82) is 0 Å². The number of likely N-dealkylation sites (N-methyl/N-ethyl adjacent to an activating group) is 1. The van der Waals surface area contributed by atoms with Crippen molar-refractivity contribution in [2.75, 3.05) is 18.0 Å². The second-order valence-electron chi connectivity index (χ2n) is 5.83. The van der Waals surface area contributed by atoms with Gasteiger partial charge < -0.3 is 10.6 Å². The predicted molar refractivity (Wildman–Crippen MR) is 91.9 cm³/mol. The van der Waals surface area contributed by atoms with E-state index in [1.165, 1.54) is 27.9 Å². The monoisotopic (exact) mass is 282 g/mol. The number of nitrogens with two attached hydrogens (primary N) is 1. The lowest BCUT2D eigenvalue weighted by Gasteiger charge is -2.27. The molecule has 2 heteroatoms. The maximum Gasteiger partial charge on any atom is 0.0473 e. The van der Waals surface area contributed by atoms with Crippen LogP contribution >= 0.6 is 0 Å². The van der Waals surface area contributed by atoms with Gasteiger partial charge in [-0.2, -0.15) is 0 Å². The Labute approximate surface area is 128 Å². The molecule has 0 radical (unpaired) electrons. The third-order valence-corrected chi connectivity index (χ3v) is 4.12. The molecule has 1 unspecified atom stereocenters. The maximum atomic E-state index is 6.42. The first kappa shape index (κ1) is 15.6. The summed E-state index contributed by atoms with van der Waals surface area (Å²) < 4.78 is 0.